The number of aliphatic hydroxyl groups is 1. The molecule has 5 rings (SSSR count). The van der Waals surface area contributed by atoms with Crippen LogP contribution < -0.4 is 0 Å². The number of rotatable bonds is 0. The lowest BCUT2D eigenvalue weighted by Crippen LogP contribution is -2.56. The van der Waals surface area contributed by atoms with Gasteiger partial charge in [0.1, 0.15) is 5.60 Å². The summed E-state index contributed by atoms with van der Waals surface area (Å²) in [5.41, 5.74) is 0.806. The lowest BCUT2D eigenvalue weighted by atomic mass is 9.46. The van der Waals surface area contributed by atoms with E-state index in [-0.39, 0.29) is 23.0 Å². The van der Waals surface area contributed by atoms with Crippen molar-refractivity contribution in [2.75, 3.05) is 13.2 Å². The summed E-state index contributed by atoms with van der Waals surface area (Å²) in [4.78, 5) is 0. The summed E-state index contributed by atoms with van der Waals surface area (Å²) in [5.74, 6) is 4.65. The third kappa shape index (κ3) is 2.07. The molecule has 142 valence electrons. The van der Waals surface area contributed by atoms with Crippen LogP contribution in [0, 0.1) is 40.9 Å². The second kappa shape index (κ2) is 5.60. The zero-order valence-corrected chi connectivity index (χ0v) is 16.2. The predicted octanol–water partition coefficient (Wildman–Crippen LogP) is 3.71. The Morgan fingerprint density at radius 3 is 2.62 bits per heavy atom. The fourth-order valence-electron chi connectivity index (χ4n) is 7.64. The molecule has 8 atom stereocenters. The number of hydrogen-bond acceptors (Lipinski definition) is 3. The Labute approximate surface area is 157 Å². The molecule has 0 radical (unpaired) electrons. The summed E-state index contributed by atoms with van der Waals surface area (Å²) in [6.07, 6.45) is 16.2. The van der Waals surface area contributed by atoms with Crippen molar-refractivity contribution >= 4 is 0 Å². The largest absolute Gasteiger partial charge is 0.377 e. The second-order valence-corrected chi connectivity index (χ2v) is 9.99. The number of ether oxygens (including phenoxy) is 2. The molecule has 1 aliphatic heterocycles. The van der Waals surface area contributed by atoms with Gasteiger partial charge in [-0.1, -0.05) is 31.4 Å². The maximum absolute atomic E-state index is 11.1. The van der Waals surface area contributed by atoms with Gasteiger partial charge in [-0.05, 0) is 68.1 Å². The van der Waals surface area contributed by atoms with Crippen LogP contribution in [-0.4, -0.2) is 36.1 Å². The Hall–Kier alpha value is -0.820. The molecule has 2 unspecified atom stereocenters. The molecular weight excluding hydrogens is 324 g/mol. The van der Waals surface area contributed by atoms with E-state index >= 15 is 0 Å². The van der Waals surface area contributed by atoms with Gasteiger partial charge in [-0.3, -0.25) is 0 Å². The van der Waals surface area contributed by atoms with Gasteiger partial charge in [0.05, 0.1) is 25.4 Å². The highest BCUT2D eigenvalue weighted by Gasteiger charge is 2.64. The van der Waals surface area contributed by atoms with Crippen LogP contribution in [0.4, 0.5) is 0 Å². The van der Waals surface area contributed by atoms with E-state index in [2.05, 4.69) is 25.8 Å². The van der Waals surface area contributed by atoms with Crippen molar-refractivity contribution in [2.45, 2.75) is 76.6 Å². The fraction of sp³-hybridized carbons (Fsp3) is 0.826. The molecule has 5 aliphatic rings. The Kier molecular flexibility index (Phi) is 3.72. The molecule has 1 N–H and O–H groups in total. The Balaban J connectivity index is 1.48. The lowest BCUT2D eigenvalue weighted by molar-refractivity contribution is -0.175. The average molecular weight is 357 g/mol. The van der Waals surface area contributed by atoms with Crippen molar-refractivity contribution < 1.29 is 14.6 Å². The van der Waals surface area contributed by atoms with Gasteiger partial charge in [0.2, 0.25) is 0 Å². The Morgan fingerprint density at radius 1 is 1.12 bits per heavy atom. The van der Waals surface area contributed by atoms with Gasteiger partial charge in [-0.15, -0.1) is 6.42 Å². The molecule has 0 bridgehead atoms. The normalized spacial score (nSPS) is 55.6. The SMILES string of the molecule is C#C[C@]1(O)CC[C@H]2[C@@H]3CC=C4CC5OCCOC5C[C@]4(C)[C@H]3CC[C@@]21C. The van der Waals surface area contributed by atoms with Gasteiger partial charge in [0.15, 0.2) is 0 Å². The predicted molar refractivity (Wildman–Crippen MR) is 100 cm³/mol. The second-order valence-electron chi connectivity index (χ2n) is 9.99. The third-order valence-electron chi connectivity index (χ3n) is 9.22. The standard InChI is InChI=1S/C23H32O3/c1-4-23(24)10-8-18-16-6-5-15-13-19-20(26-12-11-25-19)14-21(15,2)17(16)7-9-22(18,23)3/h1,5,16-20,24H,6-14H2,2-3H3/t16-,17+,18+,19?,20?,21+,22+,23+/m1/s1. The molecule has 0 aromatic carbocycles. The molecule has 0 aromatic heterocycles. The topological polar surface area (TPSA) is 38.7 Å². The Morgan fingerprint density at radius 2 is 1.85 bits per heavy atom. The van der Waals surface area contributed by atoms with Crippen LogP contribution in [0.15, 0.2) is 11.6 Å². The van der Waals surface area contributed by atoms with E-state index < -0.39 is 5.60 Å². The zero-order valence-electron chi connectivity index (χ0n) is 16.2. The summed E-state index contributed by atoms with van der Waals surface area (Å²) < 4.78 is 12.1. The van der Waals surface area contributed by atoms with E-state index in [9.17, 15) is 5.11 Å². The Bertz CT molecular complexity index is 677. The molecular formula is C23H32O3. The molecule has 4 fully saturated rings. The fourth-order valence-corrected chi connectivity index (χ4v) is 7.64. The third-order valence-corrected chi connectivity index (χ3v) is 9.22. The van der Waals surface area contributed by atoms with Crippen molar-refractivity contribution in [3.8, 4) is 12.3 Å². The summed E-state index contributed by atoms with van der Waals surface area (Å²) in [6, 6.07) is 0. The van der Waals surface area contributed by atoms with Crippen molar-refractivity contribution in [1.82, 2.24) is 0 Å². The zero-order chi connectivity index (χ0) is 18.2. The van der Waals surface area contributed by atoms with Gasteiger partial charge in [-0.2, -0.15) is 0 Å². The molecule has 26 heavy (non-hydrogen) atoms. The number of allylic oxidation sites excluding steroid dienone is 1. The van der Waals surface area contributed by atoms with E-state index in [1.54, 1.807) is 5.57 Å². The maximum atomic E-state index is 11.1. The molecule has 4 aliphatic carbocycles. The molecule has 3 saturated carbocycles. The van der Waals surface area contributed by atoms with Crippen LogP contribution in [0.3, 0.4) is 0 Å². The van der Waals surface area contributed by atoms with Crippen LogP contribution in [-0.2, 0) is 9.47 Å². The van der Waals surface area contributed by atoms with Crippen LogP contribution in [0.5, 0.6) is 0 Å². The first kappa shape index (κ1) is 17.3. The first-order valence-corrected chi connectivity index (χ1v) is 10.5. The van der Waals surface area contributed by atoms with Gasteiger partial charge in [0.25, 0.3) is 0 Å². The van der Waals surface area contributed by atoms with E-state index in [1.807, 2.05) is 0 Å². The van der Waals surface area contributed by atoms with E-state index in [1.165, 1.54) is 6.42 Å². The minimum atomic E-state index is -0.911. The average Bonchev–Trinajstić information content (AvgIpc) is 2.91. The molecule has 0 amide bonds. The van der Waals surface area contributed by atoms with Crippen molar-refractivity contribution in [2.24, 2.45) is 28.6 Å². The highest BCUT2D eigenvalue weighted by Crippen LogP contribution is 2.67. The van der Waals surface area contributed by atoms with Crippen molar-refractivity contribution in [1.29, 1.82) is 0 Å². The lowest BCUT2D eigenvalue weighted by Gasteiger charge is -2.59. The summed E-state index contributed by atoms with van der Waals surface area (Å²) in [7, 11) is 0. The van der Waals surface area contributed by atoms with E-state index in [0.717, 1.165) is 51.7 Å². The highest BCUT2D eigenvalue weighted by molar-refractivity contribution is 5.29. The van der Waals surface area contributed by atoms with Crippen LogP contribution in [0.1, 0.15) is 58.8 Å². The number of hydrogen-bond donors (Lipinski definition) is 1. The molecule has 1 saturated heterocycles. The number of terminal acetylenes is 1. The molecule has 0 aromatic rings. The summed E-state index contributed by atoms with van der Waals surface area (Å²) >= 11 is 0. The van der Waals surface area contributed by atoms with E-state index in [4.69, 9.17) is 15.9 Å². The molecule has 3 heteroatoms. The van der Waals surface area contributed by atoms with Gasteiger partial charge >= 0.3 is 0 Å². The molecule has 1 heterocycles. The molecule has 3 nitrogen and oxygen atoms in total. The van der Waals surface area contributed by atoms with Crippen LogP contribution in [0.25, 0.3) is 0 Å². The van der Waals surface area contributed by atoms with E-state index in [0.29, 0.717) is 17.8 Å². The first-order chi connectivity index (χ1) is 12.4. The minimum Gasteiger partial charge on any atom is -0.377 e. The van der Waals surface area contributed by atoms with Crippen molar-refractivity contribution in [3.05, 3.63) is 11.6 Å². The molecule has 0 spiro atoms. The van der Waals surface area contributed by atoms with Gasteiger partial charge in [-0.25, -0.2) is 0 Å². The van der Waals surface area contributed by atoms with Crippen LogP contribution in [0.2, 0.25) is 0 Å². The van der Waals surface area contributed by atoms with Gasteiger partial charge < -0.3 is 14.6 Å². The minimum absolute atomic E-state index is 0.119. The van der Waals surface area contributed by atoms with Crippen molar-refractivity contribution in [3.63, 3.8) is 0 Å². The highest BCUT2D eigenvalue weighted by atomic mass is 16.6. The first-order valence-electron chi connectivity index (χ1n) is 10.5. The monoisotopic (exact) mass is 356 g/mol. The number of fused-ring (bicyclic) bond motifs is 6. The quantitative estimate of drug-likeness (QED) is 0.531. The van der Waals surface area contributed by atoms with Gasteiger partial charge in [0, 0.05) is 5.41 Å². The summed E-state index contributed by atoms with van der Waals surface area (Å²) in [6.45, 7) is 6.22. The smallest absolute Gasteiger partial charge is 0.130 e. The summed E-state index contributed by atoms with van der Waals surface area (Å²) in [5, 5.41) is 11.1. The maximum Gasteiger partial charge on any atom is 0.130 e. The van der Waals surface area contributed by atoms with Crippen LogP contribution >= 0.6 is 0 Å².